The van der Waals surface area contributed by atoms with Gasteiger partial charge in [-0.2, -0.15) is 4.98 Å². The molecule has 112 valence electrons. The van der Waals surface area contributed by atoms with Crippen molar-refractivity contribution in [3.63, 3.8) is 0 Å². The van der Waals surface area contributed by atoms with Gasteiger partial charge in [0.1, 0.15) is 18.2 Å². The molecular weight excluding hydrogens is 330 g/mol. The quantitative estimate of drug-likeness (QED) is 0.813. The fraction of sp³-hybridized carbons (Fsp3) is 0.375. The number of nitrogens with zero attached hydrogens (tertiary/aromatic N) is 2. The lowest BCUT2D eigenvalue weighted by Crippen LogP contribution is -2.06. The number of hydrogen-bond acceptors (Lipinski definition) is 4. The Kier molecular flexibility index (Phi) is 5.99. The zero-order valence-corrected chi connectivity index (χ0v) is 14.0. The first kappa shape index (κ1) is 15.8. The Morgan fingerprint density at radius 1 is 1.19 bits per heavy atom. The molecule has 5 heteroatoms. The summed E-state index contributed by atoms with van der Waals surface area (Å²) in [7, 11) is 0. The molecule has 0 saturated carbocycles. The van der Waals surface area contributed by atoms with Crippen LogP contribution in [0.4, 0.5) is 5.82 Å². The second kappa shape index (κ2) is 7.98. The Hall–Kier alpha value is -1.62. The van der Waals surface area contributed by atoms with E-state index in [1.165, 1.54) is 0 Å². The summed E-state index contributed by atoms with van der Waals surface area (Å²) in [4.78, 5) is 8.94. The summed E-state index contributed by atoms with van der Waals surface area (Å²) in [6, 6.07) is 9.87. The highest BCUT2D eigenvalue weighted by Crippen LogP contribution is 2.20. The van der Waals surface area contributed by atoms with E-state index in [0.717, 1.165) is 41.1 Å². The molecule has 0 aliphatic heterocycles. The summed E-state index contributed by atoms with van der Waals surface area (Å²) >= 11 is 3.52. The molecule has 1 N–H and O–H groups in total. The lowest BCUT2D eigenvalue weighted by Gasteiger charge is -2.10. The average molecular weight is 350 g/mol. The molecule has 0 spiro atoms. The van der Waals surface area contributed by atoms with Crippen molar-refractivity contribution in [1.82, 2.24) is 9.97 Å². The van der Waals surface area contributed by atoms with Crippen molar-refractivity contribution in [3.05, 3.63) is 46.2 Å². The van der Waals surface area contributed by atoms with Crippen LogP contribution in [0.3, 0.4) is 0 Å². The van der Waals surface area contributed by atoms with Gasteiger partial charge in [-0.3, -0.25) is 0 Å². The molecule has 0 unspecified atom stereocenters. The largest absolute Gasteiger partial charge is 0.473 e. The van der Waals surface area contributed by atoms with Crippen molar-refractivity contribution in [2.24, 2.45) is 0 Å². The van der Waals surface area contributed by atoms with E-state index in [0.29, 0.717) is 12.5 Å². The summed E-state index contributed by atoms with van der Waals surface area (Å²) in [5.74, 6) is 2.25. The smallest absolute Gasteiger partial charge is 0.219 e. The lowest BCUT2D eigenvalue weighted by molar-refractivity contribution is 0.291. The lowest BCUT2D eigenvalue weighted by atomic mass is 10.2. The van der Waals surface area contributed by atoms with Crippen molar-refractivity contribution >= 4 is 21.7 Å². The average Bonchev–Trinajstić information content (AvgIpc) is 2.47. The van der Waals surface area contributed by atoms with Gasteiger partial charge in [0.15, 0.2) is 0 Å². The number of ether oxygens (including phenoxy) is 1. The Balaban J connectivity index is 2.13. The summed E-state index contributed by atoms with van der Waals surface area (Å²) < 4.78 is 6.87. The molecule has 21 heavy (non-hydrogen) atoms. The molecule has 2 rings (SSSR count). The van der Waals surface area contributed by atoms with Crippen molar-refractivity contribution in [2.75, 3.05) is 11.9 Å². The SMILES string of the molecule is CCCc1nc(NCC)cc(OCc2ccccc2Br)n1. The zero-order chi connectivity index (χ0) is 15.1. The van der Waals surface area contributed by atoms with Crippen LogP contribution in [0.2, 0.25) is 0 Å². The molecule has 0 aliphatic rings. The molecule has 0 fully saturated rings. The van der Waals surface area contributed by atoms with Gasteiger partial charge in [-0.05, 0) is 19.4 Å². The molecule has 0 aliphatic carbocycles. The maximum atomic E-state index is 5.83. The predicted octanol–water partition coefficient (Wildman–Crippen LogP) is 4.20. The van der Waals surface area contributed by atoms with Crippen LogP contribution in [-0.4, -0.2) is 16.5 Å². The predicted molar refractivity (Wildman–Crippen MR) is 88.7 cm³/mol. The van der Waals surface area contributed by atoms with Crippen LogP contribution in [0.15, 0.2) is 34.8 Å². The van der Waals surface area contributed by atoms with E-state index in [-0.39, 0.29) is 0 Å². The third-order valence-electron chi connectivity index (χ3n) is 2.91. The van der Waals surface area contributed by atoms with E-state index < -0.39 is 0 Å². The highest BCUT2D eigenvalue weighted by molar-refractivity contribution is 9.10. The first-order valence-corrected chi connectivity index (χ1v) is 8.00. The van der Waals surface area contributed by atoms with Gasteiger partial charge >= 0.3 is 0 Å². The molecule has 2 aromatic rings. The van der Waals surface area contributed by atoms with E-state index in [9.17, 15) is 0 Å². The second-order valence-corrected chi connectivity index (χ2v) is 5.52. The fourth-order valence-corrected chi connectivity index (χ4v) is 2.32. The first-order valence-electron chi connectivity index (χ1n) is 7.21. The normalized spacial score (nSPS) is 10.4. The number of aryl methyl sites for hydroxylation is 1. The topological polar surface area (TPSA) is 47.0 Å². The monoisotopic (exact) mass is 349 g/mol. The summed E-state index contributed by atoms with van der Waals surface area (Å²) in [5.41, 5.74) is 1.10. The Morgan fingerprint density at radius 3 is 2.71 bits per heavy atom. The summed E-state index contributed by atoms with van der Waals surface area (Å²) in [5, 5.41) is 3.22. The molecule has 0 saturated heterocycles. The number of anilines is 1. The number of benzene rings is 1. The van der Waals surface area contributed by atoms with Crippen LogP contribution >= 0.6 is 15.9 Å². The van der Waals surface area contributed by atoms with E-state index >= 15 is 0 Å². The maximum absolute atomic E-state index is 5.83. The molecule has 0 amide bonds. The van der Waals surface area contributed by atoms with Gasteiger partial charge in [0, 0.05) is 29.1 Å². The van der Waals surface area contributed by atoms with E-state index in [1.807, 2.05) is 37.3 Å². The number of halogens is 1. The zero-order valence-electron chi connectivity index (χ0n) is 12.4. The number of nitrogens with one attached hydrogen (secondary N) is 1. The minimum Gasteiger partial charge on any atom is -0.473 e. The number of hydrogen-bond donors (Lipinski definition) is 1. The maximum Gasteiger partial charge on any atom is 0.219 e. The van der Waals surface area contributed by atoms with E-state index in [1.54, 1.807) is 0 Å². The van der Waals surface area contributed by atoms with Crippen LogP contribution in [0.1, 0.15) is 31.7 Å². The Labute approximate surface area is 134 Å². The molecule has 0 radical (unpaired) electrons. The first-order chi connectivity index (χ1) is 10.2. The van der Waals surface area contributed by atoms with Gasteiger partial charge in [0.2, 0.25) is 5.88 Å². The van der Waals surface area contributed by atoms with Crippen LogP contribution in [0.5, 0.6) is 5.88 Å². The highest BCUT2D eigenvalue weighted by atomic mass is 79.9. The van der Waals surface area contributed by atoms with Crippen LogP contribution in [-0.2, 0) is 13.0 Å². The molecule has 4 nitrogen and oxygen atoms in total. The van der Waals surface area contributed by atoms with Crippen LogP contribution < -0.4 is 10.1 Å². The van der Waals surface area contributed by atoms with Gasteiger partial charge in [-0.15, -0.1) is 0 Å². The van der Waals surface area contributed by atoms with Crippen LogP contribution in [0, 0.1) is 0 Å². The molecular formula is C16H20BrN3O. The minimum atomic E-state index is 0.482. The van der Waals surface area contributed by atoms with Crippen molar-refractivity contribution in [1.29, 1.82) is 0 Å². The molecule has 0 atom stereocenters. The second-order valence-electron chi connectivity index (χ2n) is 4.67. The standard InChI is InChI=1S/C16H20BrN3O/c1-3-7-14-19-15(18-4-2)10-16(20-14)21-11-12-8-5-6-9-13(12)17/h5-6,8-10H,3-4,7,11H2,1-2H3,(H,18,19,20). The number of aromatic nitrogens is 2. The van der Waals surface area contributed by atoms with Crippen molar-refractivity contribution in [2.45, 2.75) is 33.3 Å². The minimum absolute atomic E-state index is 0.482. The summed E-state index contributed by atoms with van der Waals surface area (Å²) in [6.45, 7) is 5.47. The van der Waals surface area contributed by atoms with Crippen molar-refractivity contribution in [3.8, 4) is 5.88 Å². The molecule has 1 heterocycles. The third-order valence-corrected chi connectivity index (χ3v) is 3.69. The fourth-order valence-electron chi connectivity index (χ4n) is 1.92. The number of rotatable bonds is 7. The van der Waals surface area contributed by atoms with Gasteiger partial charge < -0.3 is 10.1 Å². The molecule has 1 aromatic carbocycles. The molecule has 0 bridgehead atoms. The Morgan fingerprint density at radius 2 is 2.00 bits per heavy atom. The van der Waals surface area contributed by atoms with Crippen LogP contribution in [0.25, 0.3) is 0 Å². The van der Waals surface area contributed by atoms with Gasteiger partial charge in [-0.25, -0.2) is 4.98 Å². The Bertz CT molecular complexity index is 565. The van der Waals surface area contributed by atoms with Crippen molar-refractivity contribution < 1.29 is 4.74 Å². The highest BCUT2D eigenvalue weighted by Gasteiger charge is 2.06. The summed E-state index contributed by atoms with van der Waals surface area (Å²) in [6.07, 6.45) is 1.86. The molecule has 1 aromatic heterocycles. The van der Waals surface area contributed by atoms with Gasteiger partial charge in [-0.1, -0.05) is 41.1 Å². The van der Waals surface area contributed by atoms with E-state index in [2.05, 4.69) is 38.1 Å². The van der Waals surface area contributed by atoms with Gasteiger partial charge in [0.25, 0.3) is 0 Å². The van der Waals surface area contributed by atoms with E-state index in [4.69, 9.17) is 4.74 Å². The van der Waals surface area contributed by atoms with Gasteiger partial charge in [0.05, 0.1) is 0 Å². The third kappa shape index (κ3) is 4.70.